The van der Waals surface area contributed by atoms with Gasteiger partial charge in [-0.1, -0.05) is 5.16 Å². The van der Waals surface area contributed by atoms with Crippen molar-refractivity contribution in [3.63, 3.8) is 0 Å². The third-order valence-electron chi connectivity index (χ3n) is 4.55. The molecule has 4 rings (SSSR count). The lowest BCUT2D eigenvalue weighted by molar-refractivity contribution is 0.102. The van der Waals surface area contributed by atoms with E-state index >= 15 is 0 Å². The van der Waals surface area contributed by atoms with Crippen LogP contribution in [0.1, 0.15) is 35.4 Å². The van der Waals surface area contributed by atoms with Gasteiger partial charge in [-0.2, -0.15) is 4.98 Å². The number of nitrogens with two attached hydrogens (primary N) is 1. The van der Waals surface area contributed by atoms with Crippen LogP contribution in [0.4, 0.5) is 5.69 Å². The highest BCUT2D eigenvalue weighted by Crippen LogP contribution is 2.37. The van der Waals surface area contributed by atoms with Crippen LogP contribution in [0.3, 0.4) is 0 Å². The van der Waals surface area contributed by atoms with Crippen LogP contribution in [-0.2, 0) is 5.54 Å². The summed E-state index contributed by atoms with van der Waals surface area (Å²) in [6.07, 6.45) is 4.17. The van der Waals surface area contributed by atoms with E-state index < -0.39 is 5.54 Å². The van der Waals surface area contributed by atoms with Crippen molar-refractivity contribution < 1.29 is 9.32 Å². The maximum atomic E-state index is 12.1. The molecule has 1 saturated carbocycles. The van der Waals surface area contributed by atoms with Gasteiger partial charge >= 0.3 is 0 Å². The minimum Gasteiger partial charge on any atom is -0.334 e. The standard InChI is InChI=1S/C18H17N5O3/c19-18(8-1-9-18)17-22-16(26-23-17)11-2-5-13(6-3-11)21-15(25)12-4-7-14(24)20-10-12/h2-7,10H,1,8-9,19H2,(H,20,24)(H,21,25). The molecule has 1 aliphatic rings. The number of aromatic amines is 1. The van der Waals surface area contributed by atoms with Gasteiger partial charge in [0.15, 0.2) is 5.82 Å². The molecule has 3 aromatic rings. The molecule has 1 aromatic carbocycles. The Hall–Kier alpha value is -3.26. The smallest absolute Gasteiger partial charge is 0.257 e. The van der Waals surface area contributed by atoms with Crippen LogP contribution in [0.2, 0.25) is 0 Å². The summed E-state index contributed by atoms with van der Waals surface area (Å²) in [5.41, 5.74) is 7.20. The van der Waals surface area contributed by atoms with Crippen molar-refractivity contribution in [2.75, 3.05) is 5.32 Å². The number of H-pyrrole nitrogens is 1. The summed E-state index contributed by atoms with van der Waals surface area (Å²) in [6.45, 7) is 0. The van der Waals surface area contributed by atoms with Gasteiger partial charge in [-0.3, -0.25) is 9.59 Å². The van der Waals surface area contributed by atoms with Gasteiger partial charge in [-0.05, 0) is 49.6 Å². The summed E-state index contributed by atoms with van der Waals surface area (Å²) < 4.78 is 5.31. The Morgan fingerprint density at radius 2 is 1.96 bits per heavy atom. The van der Waals surface area contributed by atoms with Crippen molar-refractivity contribution in [2.24, 2.45) is 5.73 Å². The molecule has 0 unspecified atom stereocenters. The van der Waals surface area contributed by atoms with E-state index in [0.717, 1.165) is 24.8 Å². The van der Waals surface area contributed by atoms with Gasteiger partial charge in [0.25, 0.3) is 11.8 Å². The predicted octanol–water partition coefficient (Wildman–Crippen LogP) is 2.02. The zero-order valence-electron chi connectivity index (χ0n) is 13.9. The first kappa shape index (κ1) is 16.2. The van der Waals surface area contributed by atoms with Crippen molar-refractivity contribution in [1.29, 1.82) is 0 Å². The highest BCUT2D eigenvalue weighted by Gasteiger charge is 2.39. The van der Waals surface area contributed by atoms with Crippen molar-refractivity contribution >= 4 is 11.6 Å². The van der Waals surface area contributed by atoms with Crippen LogP contribution in [0.15, 0.2) is 51.9 Å². The third-order valence-corrected chi connectivity index (χ3v) is 4.55. The number of pyridine rings is 1. The molecule has 1 aliphatic carbocycles. The lowest BCUT2D eigenvalue weighted by Crippen LogP contribution is -2.44. The predicted molar refractivity (Wildman–Crippen MR) is 94.5 cm³/mol. The van der Waals surface area contributed by atoms with Gasteiger partial charge < -0.3 is 20.6 Å². The van der Waals surface area contributed by atoms with E-state index in [1.54, 1.807) is 24.3 Å². The van der Waals surface area contributed by atoms with Crippen LogP contribution in [0, 0.1) is 0 Å². The van der Waals surface area contributed by atoms with Crippen LogP contribution < -0.4 is 16.6 Å². The zero-order chi connectivity index (χ0) is 18.1. The molecular weight excluding hydrogens is 334 g/mol. The number of carbonyl (C=O) groups is 1. The molecule has 0 saturated heterocycles. The molecule has 26 heavy (non-hydrogen) atoms. The molecule has 8 heteroatoms. The Kier molecular flexibility index (Phi) is 3.89. The van der Waals surface area contributed by atoms with E-state index in [4.69, 9.17) is 10.3 Å². The Bertz CT molecular complexity index is 982. The molecule has 0 aliphatic heterocycles. The van der Waals surface area contributed by atoms with E-state index in [9.17, 15) is 9.59 Å². The average Bonchev–Trinajstić information content (AvgIpc) is 3.11. The molecule has 132 valence electrons. The van der Waals surface area contributed by atoms with Crippen LogP contribution >= 0.6 is 0 Å². The first-order chi connectivity index (χ1) is 12.5. The minimum atomic E-state index is -0.466. The third kappa shape index (κ3) is 3.02. The van der Waals surface area contributed by atoms with Gasteiger partial charge in [-0.15, -0.1) is 0 Å². The normalized spacial score (nSPS) is 15.3. The number of benzene rings is 1. The number of aromatic nitrogens is 3. The van der Waals surface area contributed by atoms with E-state index in [1.165, 1.54) is 18.3 Å². The first-order valence-electron chi connectivity index (χ1n) is 8.27. The van der Waals surface area contributed by atoms with Crippen LogP contribution in [-0.4, -0.2) is 21.0 Å². The van der Waals surface area contributed by atoms with Gasteiger partial charge in [0, 0.05) is 23.5 Å². The number of hydrogen-bond acceptors (Lipinski definition) is 6. The molecule has 2 heterocycles. The molecule has 1 amide bonds. The number of nitrogens with one attached hydrogen (secondary N) is 2. The second-order valence-corrected chi connectivity index (χ2v) is 6.41. The fourth-order valence-electron chi connectivity index (χ4n) is 2.78. The number of rotatable bonds is 4. The van der Waals surface area contributed by atoms with Crippen molar-refractivity contribution in [2.45, 2.75) is 24.8 Å². The van der Waals surface area contributed by atoms with E-state index in [1.807, 2.05) is 0 Å². The molecule has 0 atom stereocenters. The number of amides is 1. The van der Waals surface area contributed by atoms with Gasteiger partial charge in [0.2, 0.25) is 5.56 Å². The van der Waals surface area contributed by atoms with E-state index in [2.05, 4.69) is 20.4 Å². The molecule has 8 nitrogen and oxygen atoms in total. The second kappa shape index (κ2) is 6.23. The topological polar surface area (TPSA) is 127 Å². The zero-order valence-corrected chi connectivity index (χ0v) is 13.9. The Balaban J connectivity index is 1.47. The lowest BCUT2D eigenvalue weighted by atomic mass is 9.77. The van der Waals surface area contributed by atoms with Gasteiger partial charge in [0.05, 0.1) is 11.1 Å². The highest BCUT2D eigenvalue weighted by molar-refractivity contribution is 6.04. The molecule has 0 spiro atoms. The SMILES string of the molecule is NC1(c2noc(-c3ccc(NC(=O)c4ccc(=O)[nH]c4)cc3)n2)CCC1. The summed E-state index contributed by atoms with van der Waals surface area (Å²) in [4.78, 5) is 30.1. The molecule has 1 fully saturated rings. The van der Waals surface area contributed by atoms with E-state index in [-0.39, 0.29) is 11.5 Å². The van der Waals surface area contributed by atoms with Gasteiger partial charge in [0.1, 0.15) is 0 Å². The first-order valence-corrected chi connectivity index (χ1v) is 8.27. The Labute approximate surface area is 148 Å². The lowest BCUT2D eigenvalue weighted by Gasteiger charge is -2.34. The van der Waals surface area contributed by atoms with Gasteiger partial charge in [-0.25, -0.2) is 0 Å². The van der Waals surface area contributed by atoms with Crippen molar-refractivity contribution in [3.8, 4) is 11.5 Å². The highest BCUT2D eigenvalue weighted by atomic mass is 16.5. The molecular formula is C18H17N5O3. The van der Waals surface area contributed by atoms with Crippen LogP contribution in [0.25, 0.3) is 11.5 Å². The quantitative estimate of drug-likeness (QED) is 0.660. The molecule has 2 aromatic heterocycles. The number of anilines is 1. The Morgan fingerprint density at radius 3 is 2.58 bits per heavy atom. The fourth-order valence-corrected chi connectivity index (χ4v) is 2.78. The summed E-state index contributed by atoms with van der Waals surface area (Å²) in [5.74, 6) is 0.619. The number of hydrogen-bond donors (Lipinski definition) is 3. The maximum absolute atomic E-state index is 12.1. The summed E-state index contributed by atoms with van der Waals surface area (Å²) in [5, 5.41) is 6.75. The minimum absolute atomic E-state index is 0.258. The largest absolute Gasteiger partial charge is 0.334 e. The molecule has 0 radical (unpaired) electrons. The summed E-state index contributed by atoms with van der Waals surface area (Å²) in [6, 6.07) is 9.81. The average molecular weight is 351 g/mol. The number of nitrogens with zero attached hydrogens (tertiary/aromatic N) is 2. The van der Waals surface area contributed by atoms with Crippen LogP contribution in [0.5, 0.6) is 0 Å². The van der Waals surface area contributed by atoms with E-state index in [0.29, 0.717) is 23.0 Å². The van der Waals surface area contributed by atoms with Crippen molar-refractivity contribution in [1.82, 2.24) is 15.1 Å². The maximum Gasteiger partial charge on any atom is 0.257 e. The summed E-state index contributed by atoms with van der Waals surface area (Å²) in [7, 11) is 0. The second-order valence-electron chi connectivity index (χ2n) is 6.41. The molecule has 4 N–H and O–H groups in total. The fraction of sp³-hybridized carbons (Fsp3) is 0.222. The summed E-state index contributed by atoms with van der Waals surface area (Å²) >= 11 is 0. The van der Waals surface area contributed by atoms with Crippen molar-refractivity contribution in [3.05, 3.63) is 64.3 Å². The monoisotopic (exact) mass is 351 g/mol. The number of carbonyl (C=O) groups excluding carboxylic acids is 1. The molecule has 0 bridgehead atoms. The Morgan fingerprint density at radius 1 is 1.19 bits per heavy atom.